The van der Waals surface area contributed by atoms with Gasteiger partial charge in [0.05, 0.1) is 55.6 Å². The second kappa shape index (κ2) is 15.5. The van der Waals surface area contributed by atoms with E-state index in [0.717, 1.165) is 115 Å². The van der Waals surface area contributed by atoms with Crippen molar-refractivity contribution in [2.24, 2.45) is 0 Å². The van der Waals surface area contributed by atoms with Crippen LogP contribution >= 0.6 is 0 Å². The molecular formula is C68H37N5O2. The molecule has 0 fully saturated rings. The van der Waals surface area contributed by atoms with Crippen molar-refractivity contribution in [3.8, 4) is 51.5 Å². The maximum Gasteiger partial charge on any atom is 0.136 e. The fourth-order valence-electron chi connectivity index (χ4n) is 12.6. The molecule has 5 heterocycles. The largest absolute Gasteiger partial charge is 0.456 e. The van der Waals surface area contributed by atoms with E-state index in [0.29, 0.717) is 33.6 Å². The van der Waals surface area contributed by atoms with E-state index in [2.05, 4.69) is 153 Å². The lowest BCUT2D eigenvalue weighted by Crippen LogP contribution is -2.11. The Morgan fingerprint density at radius 1 is 0.293 bits per heavy atom. The molecule has 0 spiro atoms. The molecule has 0 aliphatic rings. The fraction of sp³-hybridized carbons (Fsp3) is 0. The molecule has 11 aromatic carbocycles. The van der Waals surface area contributed by atoms with Crippen LogP contribution in [0.2, 0.25) is 0 Å². The predicted octanol–water partition coefficient (Wildman–Crippen LogP) is 17.9. The third-order valence-electron chi connectivity index (χ3n) is 15.5. The maximum atomic E-state index is 12.3. The van der Waals surface area contributed by atoms with Crippen molar-refractivity contribution in [3.05, 3.63) is 236 Å². The van der Waals surface area contributed by atoms with Crippen LogP contribution in [-0.4, -0.2) is 13.7 Å². The average molecular weight is 956 g/mol. The minimum absolute atomic E-state index is 0.428. The second-order valence-electron chi connectivity index (χ2n) is 19.3. The molecule has 75 heavy (non-hydrogen) atoms. The third kappa shape index (κ3) is 5.56. The molecule has 0 N–H and O–H groups in total. The van der Waals surface area contributed by atoms with E-state index in [1.54, 1.807) is 0 Å². The number of benzene rings is 11. The number of furan rings is 2. The Kier molecular flexibility index (Phi) is 8.46. The molecule has 0 amide bonds. The van der Waals surface area contributed by atoms with Crippen LogP contribution < -0.4 is 0 Å². The van der Waals surface area contributed by atoms with Crippen molar-refractivity contribution >= 4 is 109 Å². The summed E-state index contributed by atoms with van der Waals surface area (Å²) in [6, 6.07) is 82.7. The van der Waals surface area contributed by atoms with Crippen LogP contribution in [0.15, 0.2) is 233 Å². The summed E-state index contributed by atoms with van der Waals surface area (Å²) in [5.41, 5.74) is 14.9. The van der Waals surface area contributed by atoms with Gasteiger partial charge in [-0.2, -0.15) is 10.5 Å². The summed E-state index contributed by atoms with van der Waals surface area (Å²) in [6.45, 7) is 0. The lowest BCUT2D eigenvalue weighted by atomic mass is 9.86. The minimum atomic E-state index is 0.428. The van der Waals surface area contributed by atoms with Crippen LogP contribution in [0.5, 0.6) is 0 Å². The quantitative estimate of drug-likeness (QED) is 0.172. The molecule has 5 aromatic heterocycles. The van der Waals surface area contributed by atoms with Crippen molar-refractivity contribution in [2.45, 2.75) is 0 Å². The SMILES string of the molecule is N#Cc1c(-c2ccccc2)c(-n2c3ccc(-n4c5ccccc5c5ccccc54)cc3c3c4c(ccc32)oc2ccccc24)c(C#N)c(-c2ccccc2)c1-n1c2ccccc2c2c3c(ccc21)oc1ccccc13. The molecule has 0 bridgehead atoms. The number of nitrogens with zero attached hydrogens (tertiary/aromatic N) is 5. The smallest absolute Gasteiger partial charge is 0.136 e. The maximum absolute atomic E-state index is 12.3. The zero-order valence-electron chi connectivity index (χ0n) is 39.9. The van der Waals surface area contributed by atoms with Crippen molar-refractivity contribution in [3.63, 3.8) is 0 Å². The molecule has 0 atom stereocenters. The standard InChI is InChI=1S/C68H37N5O2/c69-38-49-62(41-19-5-2-6-20-41)68(50(39-70)61(40-17-3-1-4-18-40)67(49)72-53-28-14-9-23-45(53)63-55(72)33-35-59-65(63)46-24-10-15-29-57(46)74-59)73-54-32-31-42(71-51-26-12-7-21-43(51)44-22-8-13-27-52(44)71)37-48(54)64-56(73)34-36-60-66(64)47-25-11-16-30-58(47)75-60/h1-37H. The second-order valence-corrected chi connectivity index (χ2v) is 19.3. The predicted molar refractivity (Wildman–Crippen MR) is 304 cm³/mol. The van der Waals surface area contributed by atoms with Gasteiger partial charge in [0.15, 0.2) is 0 Å². The summed E-state index contributed by atoms with van der Waals surface area (Å²) >= 11 is 0. The van der Waals surface area contributed by atoms with Gasteiger partial charge in [-0.1, -0.05) is 152 Å². The van der Waals surface area contributed by atoms with Gasteiger partial charge in [0.1, 0.15) is 34.5 Å². The van der Waals surface area contributed by atoms with E-state index in [4.69, 9.17) is 8.83 Å². The van der Waals surface area contributed by atoms with Crippen molar-refractivity contribution in [2.75, 3.05) is 0 Å². The first-order chi connectivity index (χ1) is 37.2. The van der Waals surface area contributed by atoms with Gasteiger partial charge in [0.25, 0.3) is 0 Å². The molecule has 16 rings (SSSR count). The Morgan fingerprint density at radius 2 is 0.680 bits per heavy atom. The number of para-hydroxylation sites is 5. The van der Waals surface area contributed by atoms with E-state index in [9.17, 15) is 10.5 Å². The molecular weight excluding hydrogens is 919 g/mol. The van der Waals surface area contributed by atoms with Gasteiger partial charge in [-0.3, -0.25) is 0 Å². The summed E-state index contributed by atoms with van der Waals surface area (Å²) in [4.78, 5) is 0. The first-order valence-corrected chi connectivity index (χ1v) is 25.0. The highest BCUT2D eigenvalue weighted by atomic mass is 16.3. The summed E-state index contributed by atoms with van der Waals surface area (Å²) < 4.78 is 20.0. The highest BCUT2D eigenvalue weighted by molar-refractivity contribution is 6.29. The van der Waals surface area contributed by atoms with E-state index in [1.165, 1.54) is 10.8 Å². The zero-order chi connectivity index (χ0) is 49.5. The number of rotatable bonds is 5. The minimum Gasteiger partial charge on any atom is -0.456 e. The Balaban J connectivity index is 1.11. The number of nitriles is 2. The van der Waals surface area contributed by atoms with Crippen molar-refractivity contribution < 1.29 is 8.83 Å². The Hall–Kier alpha value is -10.6. The van der Waals surface area contributed by atoms with E-state index in [-0.39, 0.29) is 0 Å². The highest BCUT2D eigenvalue weighted by Gasteiger charge is 2.33. The molecule has 7 heteroatoms. The molecule has 0 aliphatic heterocycles. The molecule has 346 valence electrons. The topological polar surface area (TPSA) is 88.6 Å². The van der Waals surface area contributed by atoms with Crippen LogP contribution in [-0.2, 0) is 0 Å². The lowest BCUT2D eigenvalue weighted by Gasteiger charge is -2.25. The lowest BCUT2D eigenvalue weighted by molar-refractivity contribution is 0.669. The van der Waals surface area contributed by atoms with Gasteiger partial charge in [-0.15, -0.1) is 0 Å². The number of hydrogen-bond acceptors (Lipinski definition) is 4. The van der Waals surface area contributed by atoms with Crippen molar-refractivity contribution in [1.82, 2.24) is 13.7 Å². The van der Waals surface area contributed by atoms with E-state index in [1.807, 2.05) is 97.1 Å². The van der Waals surface area contributed by atoms with Gasteiger partial charge < -0.3 is 22.5 Å². The van der Waals surface area contributed by atoms with Crippen LogP contribution in [0.1, 0.15) is 11.1 Å². The normalized spacial score (nSPS) is 12.0. The Morgan fingerprint density at radius 3 is 1.17 bits per heavy atom. The van der Waals surface area contributed by atoms with Gasteiger partial charge in [0.2, 0.25) is 0 Å². The summed E-state index contributed by atoms with van der Waals surface area (Å²) in [6.07, 6.45) is 0. The van der Waals surface area contributed by atoms with Gasteiger partial charge in [-0.05, 0) is 83.9 Å². The highest BCUT2D eigenvalue weighted by Crippen LogP contribution is 2.51. The number of hydrogen-bond donors (Lipinski definition) is 0. The summed E-state index contributed by atoms with van der Waals surface area (Å²) in [5, 5.41) is 34.8. The van der Waals surface area contributed by atoms with Crippen LogP contribution in [0.3, 0.4) is 0 Å². The molecule has 0 unspecified atom stereocenters. The average Bonchev–Trinajstić information content (AvgIpc) is 4.40. The molecule has 0 aliphatic carbocycles. The zero-order valence-corrected chi connectivity index (χ0v) is 39.9. The Bertz CT molecular complexity index is 5150. The van der Waals surface area contributed by atoms with Crippen molar-refractivity contribution in [1.29, 1.82) is 10.5 Å². The van der Waals surface area contributed by atoms with E-state index >= 15 is 0 Å². The molecule has 0 saturated heterocycles. The van der Waals surface area contributed by atoms with E-state index < -0.39 is 0 Å². The third-order valence-corrected chi connectivity index (χ3v) is 15.5. The molecule has 0 saturated carbocycles. The van der Waals surface area contributed by atoms with Gasteiger partial charge in [0, 0.05) is 70.7 Å². The first kappa shape index (κ1) is 41.1. The van der Waals surface area contributed by atoms with Crippen LogP contribution in [0.4, 0.5) is 0 Å². The van der Waals surface area contributed by atoms with Gasteiger partial charge in [-0.25, -0.2) is 0 Å². The van der Waals surface area contributed by atoms with Gasteiger partial charge >= 0.3 is 0 Å². The Labute approximate surface area is 427 Å². The molecule has 16 aromatic rings. The monoisotopic (exact) mass is 955 g/mol. The van der Waals surface area contributed by atoms with Crippen LogP contribution in [0, 0.1) is 22.7 Å². The molecule has 7 nitrogen and oxygen atoms in total. The number of aromatic nitrogens is 3. The summed E-state index contributed by atoms with van der Waals surface area (Å²) in [7, 11) is 0. The number of fused-ring (bicyclic) bond motifs is 17. The summed E-state index contributed by atoms with van der Waals surface area (Å²) in [5.74, 6) is 0. The molecule has 0 radical (unpaired) electrons. The van der Waals surface area contributed by atoms with Crippen LogP contribution in [0.25, 0.3) is 149 Å². The fourth-order valence-corrected chi connectivity index (χ4v) is 12.6. The first-order valence-electron chi connectivity index (χ1n) is 25.0.